The monoisotopic (exact) mass is 316 g/mol. The molecule has 0 amide bonds. The predicted octanol–water partition coefficient (Wildman–Crippen LogP) is 4.85. The van der Waals surface area contributed by atoms with Crippen LogP contribution in [0, 0.1) is 0 Å². The minimum absolute atomic E-state index is 0.0596. The number of fused-ring (bicyclic) bond motifs is 1. The maximum atomic E-state index is 6.13. The minimum atomic E-state index is 0.0596. The van der Waals surface area contributed by atoms with Gasteiger partial charge in [-0.3, -0.25) is 4.98 Å². The van der Waals surface area contributed by atoms with Gasteiger partial charge in [0, 0.05) is 11.6 Å². The summed E-state index contributed by atoms with van der Waals surface area (Å²) >= 11 is 12.1. The van der Waals surface area contributed by atoms with E-state index in [-0.39, 0.29) is 6.04 Å². The zero-order valence-corrected chi connectivity index (χ0v) is 13.0. The third-order valence-electron chi connectivity index (χ3n) is 3.53. The van der Waals surface area contributed by atoms with Gasteiger partial charge in [0.25, 0.3) is 0 Å². The van der Waals surface area contributed by atoms with Gasteiger partial charge < -0.3 is 5.32 Å². The number of nitrogens with one attached hydrogen (secondary N) is 1. The van der Waals surface area contributed by atoms with E-state index in [2.05, 4.69) is 28.5 Å². The van der Waals surface area contributed by atoms with Crippen LogP contribution in [0.5, 0.6) is 0 Å². The molecule has 0 fully saturated rings. The van der Waals surface area contributed by atoms with Gasteiger partial charge in [0.1, 0.15) is 0 Å². The maximum Gasteiger partial charge on any atom is 0.0702 e. The van der Waals surface area contributed by atoms with E-state index in [4.69, 9.17) is 23.2 Å². The van der Waals surface area contributed by atoms with Crippen molar-refractivity contribution in [3.05, 3.63) is 75.9 Å². The lowest BCUT2D eigenvalue weighted by Gasteiger charge is -2.18. The van der Waals surface area contributed by atoms with E-state index in [0.717, 1.165) is 22.0 Å². The fourth-order valence-electron chi connectivity index (χ4n) is 2.49. The number of hydrogen-bond acceptors (Lipinski definition) is 2. The molecular formula is C17H14Cl2N2. The van der Waals surface area contributed by atoms with E-state index >= 15 is 0 Å². The number of aromatic nitrogens is 1. The second kappa shape index (κ2) is 6.02. The number of halogens is 2. The smallest absolute Gasteiger partial charge is 0.0702 e. The Morgan fingerprint density at radius 2 is 1.71 bits per heavy atom. The normalized spacial score (nSPS) is 12.5. The molecular weight excluding hydrogens is 303 g/mol. The zero-order valence-electron chi connectivity index (χ0n) is 11.5. The molecule has 0 radical (unpaired) electrons. The van der Waals surface area contributed by atoms with Crippen LogP contribution in [0.15, 0.2) is 54.7 Å². The molecule has 0 saturated carbocycles. The first-order valence-corrected chi connectivity index (χ1v) is 7.41. The van der Waals surface area contributed by atoms with Crippen LogP contribution in [0.25, 0.3) is 10.9 Å². The quantitative estimate of drug-likeness (QED) is 0.747. The van der Waals surface area contributed by atoms with E-state index in [1.54, 1.807) is 6.20 Å². The predicted molar refractivity (Wildman–Crippen MR) is 89.1 cm³/mol. The molecule has 3 aromatic rings. The Morgan fingerprint density at radius 3 is 2.48 bits per heavy atom. The third kappa shape index (κ3) is 2.88. The molecule has 106 valence electrons. The van der Waals surface area contributed by atoms with E-state index in [1.165, 1.54) is 0 Å². The molecule has 21 heavy (non-hydrogen) atoms. The number of rotatable bonds is 3. The second-order valence-electron chi connectivity index (χ2n) is 4.85. The van der Waals surface area contributed by atoms with Crippen molar-refractivity contribution in [3.63, 3.8) is 0 Å². The van der Waals surface area contributed by atoms with E-state index in [0.29, 0.717) is 10.0 Å². The van der Waals surface area contributed by atoms with Crippen LogP contribution in [-0.2, 0) is 0 Å². The molecule has 0 aliphatic heterocycles. The molecule has 3 rings (SSSR count). The van der Waals surface area contributed by atoms with Gasteiger partial charge in [0.05, 0.1) is 21.6 Å². The summed E-state index contributed by atoms with van der Waals surface area (Å²) in [5.41, 5.74) is 3.23. The summed E-state index contributed by atoms with van der Waals surface area (Å²) in [6.45, 7) is 0. The van der Waals surface area contributed by atoms with Gasteiger partial charge in [-0.15, -0.1) is 0 Å². The Kier molecular flexibility index (Phi) is 4.11. The molecule has 1 aromatic heterocycles. The summed E-state index contributed by atoms with van der Waals surface area (Å²) in [7, 11) is 1.93. The van der Waals surface area contributed by atoms with Gasteiger partial charge in [-0.2, -0.15) is 0 Å². The van der Waals surface area contributed by atoms with Crippen molar-refractivity contribution in [1.82, 2.24) is 10.3 Å². The van der Waals surface area contributed by atoms with Gasteiger partial charge in [0.2, 0.25) is 0 Å². The van der Waals surface area contributed by atoms with Gasteiger partial charge >= 0.3 is 0 Å². The summed E-state index contributed by atoms with van der Waals surface area (Å²) in [6.07, 6.45) is 1.80. The Labute approximate surface area is 133 Å². The fraction of sp³-hybridized carbons (Fsp3) is 0.118. The average molecular weight is 317 g/mol. The van der Waals surface area contributed by atoms with Crippen LogP contribution in [0.4, 0.5) is 0 Å². The summed E-state index contributed by atoms with van der Waals surface area (Å²) in [6, 6.07) is 16.0. The first-order chi connectivity index (χ1) is 10.2. The number of hydrogen-bond donors (Lipinski definition) is 1. The van der Waals surface area contributed by atoms with Gasteiger partial charge in [-0.1, -0.05) is 41.4 Å². The molecule has 0 aliphatic carbocycles. The third-order valence-corrected chi connectivity index (χ3v) is 4.27. The average Bonchev–Trinajstić information content (AvgIpc) is 2.51. The highest BCUT2D eigenvalue weighted by atomic mass is 35.5. The molecule has 4 heteroatoms. The van der Waals surface area contributed by atoms with Gasteiger partial charge in [-0.05, 0) is 48.5 Å². The van der Waals surface area contributed by atoms with Crippen molar-refractivity contribution in [2.75, 3.05) is 7.05 Å². The number of nitrogens with zero attached hydrogens (tertiary/aromatic N) is 1. The molecule has 0 bridgehead atoms. The van der Waals surface area contributed by atoms with Crippen molar-refractivity contribution >= 4 is 34.1 Å². The van der Waals surface area contributed by atoms with E-state index < -0.39 is 0 Å². The highest BCUT2D eigenvalue weighted by molar-refractivity contribution is 6.42. The standard InChI is InChI=1S/C17H14Cl2N2/c1-20-17(13-4-6-14(18)15(19)10-13)12-5-7-16-11(9-12)3-2-8-21-16/h2-10,17,20H,1H3. The van der Waals surface area contributed by atoms with Gasteiger partial charge in [-0.25, -0.2) is 0 Å². The molecule has 2 aromatic carbocycles. The Morgan fingerprint density at radius 1 is 0.952 bits per heavy atom. The first kappa shape index (κ1) is 14.3. The summed E-state index contributed by atoms with van der Waals surface area (Å²) in [4.78, 5) is 4.35. The van der Waals surface area contributed by atoms with Crippen molar-refractivity contribution in [2.24, 2.45) is 0 Å². The summed E-state index contributed by atoms with van der Waals surface area (Å²) in [5, 5.41) is 5.58. The number of benzene rings is 2. The molecule has 0 spiro atoms. The lowest BCUT2D eigenvalue weighted by atomic mass is 9.97. The van der Waals surface area contributed by atoms with Crippen molar-refractivity contribution in [1.29, 1.82) is 0 Å². The largest absolute Gasteiger partial charge is 0.309 e. The van der Waals surface area contributed by atoms with Crippen LogP contribution in [0.2, 0.25) is 10.0 Å². The van der Waals surface area contributed by atoms with E-state index in [9.17, 15) is 0 Å². The maximum absolute atomic E-state index is 6.13. The van der Waals surface area contributed by atoms with Crippen molar-refractivity contribution in [3.8, 4) is 0 Å². The van der Waals surface area contributed by atoms with Crippen molar-refractivity contribution < 1.29 is 0 Å². The Bertz CT molecular complexity index is 787. The zero-order chi connectivity index (χ0) is 14.8. The van der Waals surface area contributed by atoms with Crippen LogP contribution in [0.1, 0.15) is 17.2 Å². The van der Waals surface area contributed by atoms with Crippen LogP contribution >= 0.6 is 23.2 Å². The lowest BCUT2D eigenvalue weighted by molar-refractivity contribution is 0.693. The molecule has 1 heterocycles. The Balaban J connectivity index is 2.06. The molecule has 1 N–H and O–H groups in total. The molecule has 1 atom stereocenters. The minimum Gasteiger partial charge on any atom is -0.309 e. The highest BCUT2D eigenvalue weighted by Crippen LogP contribution is 2.29. The van der Waals surface area contributed by atoms with Crippen LogP contribution < -0.4 is 5.32 Å². The van der Waals surface area contributed by atoms with Crippen LogP contribution in [0.3, 0.4) is 0 Å². The van der Waals surface area contributed by atoms with Crippen LogP contribution in [-0.4, -0.2) is 12.0 Å². The molecule has 0 saturated heterocycles. The summed E-state index contributed by atoms with van der Waals surface area (Å²) < 4.78 is 0. The topological polar surface area (TPSA) is 24.9 Å². The SMILES string of the molecule is CNC(c1ccc(Cl)c(Cl)c1)c1ccc2ncccc2c1. The molecule has 1 unspecified atom stereocenters. The first-order valence-electron chi connectivity index (χ1n) is 6.66. The summed E-state index contributed by atoms with van der Waals surface area (Å²) in [5.74, 6) is 0. The van der Waals surface area contributed by atoms with Crippen molar-refractivity contribution in [2.45, 2.75) is 6.04 Å². The highest BCUT2D eigenvalue weighted by Gasteiger charge is 2.13. The molecule has 2 nitrogen and oxygen atoms in total. The Hall–Kier alpha value is -1.61. The lowest BCUT2D eigenvalue weighted by Crippen LogP contribution is -2.17. The fourth-order valence-corrected chi connectivity index (χ4v) is 2.80. The number of pyridine rings is 1. The second-order valence-corrected chi connectivity index (χ2v) is 5.67. The van der Waals surface area contributed by atoms with E-state index in [1.807, 2.05) is 37.4 Å². The van der Waals surface area contributed by atoms with Gasteiger partial charge in [0.15, 0.2) is 0 Å². The molecule has 0 aliphatic rings.